The number of benzene rings is 1. The first kappa shape index (κ1) is 19.1. The van der Waals surface area contributed by atoms with Crippen molar-refractivity contribution in [1.29, 1.82) is 0 Å². The summed E-state index contributed by atoms with van der Waals surface area (Å²) < 4.78 is 39.0. The maximum Gasteiger partial charge on any atom is 0.449 e. The summed E-state index contributed by atoms with van der Waals surface area (Å²) in [5.41, 5.74) is -1.31. The number of hydrogen-bond donors (Lipinski definition) is 5. The lowest BCUT2D eigenvalue weighted by Crippen LogP contribution is -2.52. The second kappa shape index (κ2) is 6.83. The number of alkyl halides is 3. The van der Waals surface area contributed by atoms with Crippen molar-refractivity contribution < 1.29 is 37.5 Å². The number of aromatic amines is 1. The Labute approximate surface area is 153 Å². The first-order valence-electron chi connectivity index (χ1n) is 7.80. The summed E-state index contributed by atoms with van der Waals surface area (Å²) >= 11 is 0. The van der Waals surface area contributed by atoms with Crippen LogP contribution in [-0.4, -0.2) is 44.9 Å². The van der Waals surface area contributed by atoms with E-state index in [4.69, 9.17) is 5.11 Å². The number of imide groups is 1. The number of rotatable bonds is 3. The van der Waals surface area contributed by atoms with Gasteiger partial charge in [0.25, 0.3) is 5.91 Å². The number of nitrogens with one attached hydrogen (secondary N) is 4. The zero-order chi connectivity index (χ0) is 20.6. The van der Waals surface area contributed by atoms with Crippen LogP contribution in [0.2, 0.25) is 0 Å². The fourth-order valence-electron chi connectivity index (χ4n) is 2.70. The van der Waals surface area contributed by atoms with Gasteiger partial charge in [-0.2, -0.15) is 13.2 Å². The fraction of sp³-hybridized carbons (Fsp3) is 0.267. The molecule has 1 aliphatic heterocycles. The fourth-order valence-corrected chi connectivity index (χ4v) is 2.70. The molecular formula is C15H12F3N5O5. The van der Waals surface area contributed by atoms with Gasteiger partial charge in [0.05, 0.1) is 16.8 Å². The maximum atomic E-state index is 13.0. The number of nitrogens with zero attached hydrogens (tertiary/aromatic N) is 1. The number of anilines is 1. The lowest BCUT2D eigenvalue weighted by Gasteiger charge is -2.21. The third-order valence-electron chi connectivity index (χ3n) is 3.94. The zero-order valence-electron chi connectivity index (χ0n) is 13.8. The Morgan fingerprint density at radius 1 is 1.25 bits per heavy atom. The summed E-state index contributed by atoms with van der Waals surface area (Å²) in [6, 6.07) is 1.13. The van der Waals surface area contributed by atoms with E-state index in [1.165, 1.54) is 0 Å². The average molecular weight is 399 g/mol. The molecule has 2 heterocycles. The Hall–Kier alpha value is -3.64. The van der Waals surface area contributed by atoms with Crippen LogP contribution in [0.15, 0.2) is 12.1 Å². The summed E-state index contributed by atoms with van der Waals surface area (Å²) in [4.78, 5) is 51.6. The monoisotopic (exact) mass is 399 g/mol. The van der Waals surface area contributed by atoms with Crippen LogP contribution in [0.3, 0.4) is 0 Å². The molecule has 0 bridgehead atoms. The Kier molecular flexibility index (Phi) is 4.66. The molecule has 3 rings (SSSR count). The molecule has 1 atom stereocenters. The Bertz CT molecular complexity index is 1000. The number of hydrogen-bond acceptors (Lipinski definition) is 5. The van der Waals surface area contributed by atoms with Crippen molar-refractivity contribution in [3.05, 3.63) is 23.5 Å². The molecule has 2 aromatic rings. The van der Waals surface area contributed by atoms with E-state index in [2.05, 4.69) is 10.3 Å². The molecule has 1 aliphatic rings. The predicted octanol–water partition coefficient (Wildman–Crippen LogP) is 1.21. The minimum absolute atomic E-state index is 0.00576. The van der Waals surface area contributed by atoms with Gasteiger partial charge in [0.15, 0.2) is 0 Å². The standard InChI is InChI=1S/C15H12F3N5O5/c16-15(17,18)13-22-9-5(1-2-6(10(9)23-13)20-14(27)28)11(25)19-7-3-4-8(24)21-12(7)26/h1-2,7,20H,3-4H2,(H,19,25)(H,22,23)(H,27,28)(H,21,24,26). The molecule has 0 saturated carbocycles. The normalized spacial score (nSPS) is 17.3. The van der Waals surface area contributed by atoms with Crippen molar-refractivity contribution >= 4 is 40.5 Å². The largest absolute Gasteiger partial charge is 0.465 e. The molecule has 1 aromatic carbocycles. The van der Waals surface area contributed by atoms with Crippen LogP contribution in [0.1, 0.15) is 29.0 Å². The number of carbonyl (C=O) groups excluding carboxylic acids is 3. The van der Waals surface area contributed by atoms with E-state index < -0.39 is 47.4 Å². The molecule has 0 radical (unpaired) electrons. The number of H-pyrrole nitrogens is 1. The van der Waals surface area contributed by atoms with E-state index in [9.17, 15) is 32.3 Å². The van der Waals surface area contributed by atoms with Gasteiger partial charge >= 0.3 is 12.3 Å². The molecule has 28 heavy (non-hydrogen) atoms. The highest BCUT2D eigenvalue weighted by atomic mass is 19.4. The van der Waals surface area contributed by atoms with Crippen LogP contribution in [0.4, 0.5) is 23.7 Å². The van der Waals surface area contributed by atoms with Crippen molar-refractivity contribution in [2.45, 2.75) is 25.1 Å². The number of carbonyl (C=O) groups is 4. The number of piperidine rings is 1. The zero-order valence-corrected chi connectivity index (χ0v) is 13.8. The van der Waals surface area contributed by atoms with Gasteiger partial charge in [0.1, 0.15) is 11.6 Å². The maximum absolute atomic E-state index is 13.0. The Morgan fingerprint density at radius 2 is 1.96 bits per heavy atom. The van der Waals surface area contributed by atoms with Gasteiger partial charge in [-0.05, 0) is 18.6 Å². The van der Waals surface area contributed by atoms with Crippen molar-refractivity contribution in [1.82, 2.24) is 20.6 Å². The molecule has 1 aromatic heterocycles. The third kappa shape index (κ3) is 3.72. The second-order valence-corrected chi connectivity index (χ2v) is 5.87. The SMILES string of the molecule is O=C(O)Nc1ccc(C(=O)NC2CCC(=O)NC2=O)c2nc(C(F)(F)F)[nH]c12. The number of aromatic nitrogens is 2. The number of amides is 4. The van der Waals surface area contributed by atoms with Gasteiger partial charge in [-0.3, -0.25) is 25.0 Å². The highest BCUT2D eigenvalue weighted by molar-refractivity contribution is 6.11. The molecule has 5 N–H and O–H groups in total. The number of fused-ring (bicyclic) bond motifs is 1. The summed E-state index contributed by atoms with van der Waals surface area (Å²) in [5, 5.41) is 15.1. The van der Waals surface area contributed by atoms with Gasteiger partial charge < -0.3 is 15.4 Å². The molecule has 0 spiro atoms. The van der Waals surface area contributed by atoms with Crippen molar-refractivity contribution in [3.8, 4) is 0 Å². The lowest BCUT2D eigenvalue weighted by atomic mass is 10.0. The summed E-state index contributed by atoms with van der Waals surface area (Å²) in [6.45, 7) is 0. The molecular weight excluding hydrogens is 387 g/mol. The summed E-state index contributed by atoms with van der Waals surface area (Å²) in [7, 11) is 0. The number of carboxylic acid groups (broad SMARTS) is 1. The van der Waals surface area contributed by atoms with Crippen molar-refractivity contribution in [2.24, 2.45) is 0 Å². The van der Waals surface area contributed by atoms with E-state index in [0.29, 0.717) is 0 Å². The highest BCUT2D eigenvalue weighted by Crippen LogP contribution is 2.32. The van der Waals surface area contributed by atoms with E-state index in [0.717, 1.165) is 12.1 Å². The van der Waals surface area contributed by atoms with Crippen molar-refractivity contribution in [2.75, 3.05) is 5.32 Å². The molecule has 10 nitrogen and oxygen atoms in total. The topological polar surface area (TPSA) is 153 Å². The van der Waals surface area contributed by atoms with Crippen LogP contribution in [0.25, 0.3) is 11.0 Å². The molecule has 13 heteroatoms. The highest BCUT2D eigenvalue weighted by Gasteiger charge is 2.36. The van der Waals surface area contributed by atoms with E-state index in [1.54, 1.807) is 0 Å². The molecule has 1 unspecified atom stereocenters. The number of halogens is 3. The van der Waals surface area contributed by atoms with E-state index in [-0.39, 0.29) is 29.6 Å². The van der Waals surface area contributed by atoms with Gasteiger partial charge in [0, 0.05) is 6.42 Å². The molecule has 4 amide bonds. The van der Waals surface area contributed by atoms with Crippen LogP contribution in [0.5, 0.6) is 0 Å². The Morgan fingerprint density at radius 3 is 2.57 bits per heavy atom. The predicted molar refractivity (Wildman–Crippen MR) is 86.4 cm³/mol. The molecule has 1 saturated heterocycles. The van der Waals surface area contributed by atoms with Crippen LogP contribution < -0.4 is 16.0 Å². The number of imidazole rings is 1. The van der Waals surface area contributed by atoms with E-state index in [1.807, 2.05) is 15.6 Å². The smallest absolute Gasteiger partial charge is 0.449 e. The lowest BCUT2D eigenvalue weighted by molar-refractivity contribution is -0.144. The van der Waals surface area contributed by atoms with Gasteiger partial charge in [0.2, 0.25) is 17.6 Å². The van der Waals surface area contributed by atoms with Crippen molar-refractivity contribution in [3.63, 3.8) is 0 Å². The minimum atomic E-state index is -4.86. The summed E-state index contributed by atoms with van der Waals surface area (Å²) in [6.07, 6.45) is -6.36. The quantitative estimate of drug-likeness (QED) is 0.489. The van der Waals surface area contributed by atoms with E-state index >= 15 is 0 Å². The molecule has 1 fully saturated rings. The second-order valence-electron chi connectivity index (χ2n) is 5.87. The Balaban J connectivity index is 1.99. The average Bonchev–Trinajstić information content (AvgIpc) is 3.03. The van der Waals surface area contributed by atoms with Gasteiger partial charge in [-0.15, -0.1) is 0 Å². The van der Waals surface area contributed by atoms with Crippen LogP contribution in [0, 0.1) is 0 Å². The van der Waals surface area contributed by atoms with Crippen LogP contribution >= 0.6 is 0 Å². The summed E-state index contributed by atoms with van der Waals surface area (Å²) in [5.74, 6) is -3.55. The van der Waals surface area contributed by atoms with Gasteiger partial charge in [-0.25, -0.2) is 9.78 Å². The first-order chi connectivity index (χ1) is 13.1. The minimum Gasteiger partial charge on any atom is -0.465 e. The van der Waals surface area contributed by atoms with Gasteiger partial charge in [-0.1, -0.05) is 0 Å². The third-order valence-corrected chi connectivity index (χ3v) is 3.94. The van der Waals surface area contributed by atoms with Crippen LogP contribution in [-0.2, 0) is 15.8 Å². The molecule has 148 valence electrons. The first-order valence-corrected chi connectivity index (χ1v) is 7.80. The molecule has 0 aliphatic carbocycles.